The second-order valence-electron chi connectivity index (χ2n) is 4.21. The Morgan fingerprint density at radius 1 is 1.57 bits per heavy atom. The topological polar surface area (TPSA) is 43.8 Å². The molecule has 0 amide bonds. The van der Waals surface area contributed by atoms with Crippen LogP contribution in [-0.2, 0) is 12.0 Å². The van der Waals surface area contributed by atoms with Gasteiger partial charge in [0.2, 0.25) is 0 Å². The zero-order chi connectivity index (χ0) is 10.0. The van der Waals surface area contributed by atoms with Gasteiger partial charge < -0.3 is 10.3 Å². The van der Waals surface area contributed by atoms with Crippen LogP contribution < -0.4 is 5.73 Å². The van der Waals surface area contributed by atoms with Crippen LogP contribution in [-0.4, -0.2) is 16.1 Å². The molecule has 1 heterocycles. The molecule has 0 spiro atoms. The lowest BCUT2D eigenvalue weighted by molar-refractivity contribution is 0.208. The number of aryl methyl sites for hydroxylation is 1. The van der Waals surface area contributed by atoms with Crippen molar-refractivity contribution in [2.24, 2.45) is 5.73 Å². The van der Waals surface area contributed by atoms with Crippen molar-refractivity contribution in [1.82, 2.24) is 9.55 Å². The van der Waals surface area contributed by atoms with Gasteiger partial charge >= 0.3 is 0 Å². The van der Waals surface area contributed by atoms with Crippen molar-refractivity contribution >= 4 is 0 Å². The summed E-state index contributed by atoms with van der Waals surface area (Å²) < 4.78 is 2.26. The quantitative estimate of drug-likeness (QED) is 0.790. The standard InChI is InChI=1S/C11H19N3/c1-2-14-9-8-13-10(14)11(6-7-12)4-3-5-11/h8-9H,2-7,12H2,1H3. The summed E-state index contributed by atoms with van der Waals surface area (Å²) >= 11 is 0. The van der Waals surface area contributed by atoms with E-state index >= 15 is 0 Å². The summed E-state index contributed by atoms with van der Waals surface area (Å²) in [5.41, 5.74) is 6.00. The largest absolute Gasteiger partial charge is 0.335 e. The molecule has 2 N–H and O–H groups in total. The molecule has 1 saturated carbocycles. The Balaban J connectivity index is 2.26. The highest BCUT2D eigenvalue weighted by Gasteiger charge is 2.40. The zero-order valence-corrected chi connectivity index (χ0v) is 8.87. The van der Waals surface area contributed by atoms with Crippen LogP contribution in [0.2, 0.25) is 0 Å². The van der Waals surface area contributed by atoms with Gasteiger partial charge in [0.1, 0.15) is 5.82 Å². The number of rotatable bonds is 4. The van der Waals surface area contributed by atoms with E-state index in [2.05, 4.69) is 22.7 Å². The van der Waals surface area contributed by atoms with Crippen LogP contribution in [0.3, 0.4) is 0 Å². The van der Waals surface area contributed by atoms with Crippen LogP contribution in [0.5, 0.6) is 0 Å². The third-order valence-corrected chi connectivity index (χ3v) is 3.46. The first kappa shape index (κ1) is 9.71. The fraction of sp³-hybridized carbons (Fsp3) is 0.727. The highest BCUT2D eigenvalue weighted by Crippen LogP contribution is 2.45. The maximum Gasteiger partial charge on any atom is 0.114 e. The molecule has 3 heteroatoms. The van der Waals surface area contributed by atoms with Crippen molar-refractivity contribution in [3.63, 3.8) is 0 Å². The second kappa shape index (κ2) is 3.73. The minimum Gasteiger partial charge on any atom is -0.335 e. The van der Waals surface area contributed by atoms with Gasteiger partial charge in [-0.25, -0.2) is 4.98 Å². The molecule has 0 aliphatic heterocycles. The molecule has 1 aliphatic rings. The molecule has 1 fully saturated rings. The molecule has 1 aliphatic carbocycles. The molecule has 1 aromatic rings. The zero-order valence-electron chi connectivity index (χ0n) is 8.87. The normalized spacial score (nSPS) is 19.3. The predicted molar refractivity (Wildman–Crippen MR) is 57.1 cm³/mol. The van der Waals surface area contributed by atoms with Gasteiger partial charge in [0.25, 0.3) is 0 Å². The average molecular weight is 193 g/mol. The Bertz CT molecular complexity index is 299. The van der Waals surface area contributed by atoms with E-state index in [0.717, 1.165) is 19.5 Å². The molecule has 0 aromatic carbocycles. The molecule has 3 nitrogen and oxygen atoms in total. The van der Waals surface area contributed by atoms with Crippen LogP contribution in [0.25, 0.3) is 0 Å². The summed E-state index contributed by atoms with van der Waals surface area (Å²) in [5, 5.41) is 0. The first-order valence-electron chi connectivity index (χ1n) is 5.54. The van der Waals surface area contributed by atoms with E-state index in [1.54, 1.807) is 0 Å². The molecular formula is C11H19N3. The van der Waals surface area contributed by atoms with Crippen LogP contribution in [0.1, 0.15) is 38.4 Å². The summed E-state index contributed by atoms with van der Waals surface area (Å²) in [5.74, 6) is 1.26. The summed E-state index contributed by atoms with van der Waals surface area (Å²) in [6, 6.07) is 0. The fourth-order valence-corrected chi connectivity index (χ4v) is 2.49. The summed E-state index contributed by atoms with van der Waals surface area (Å²) in [7, 11) is 0. The maximum atomic E-state index is 5.68. The van der Waals surface area contributed by atoms with Crippen molar-refractivity contribution < 1.29 is 0 Å². The third-order valence-electron chi connectivity index (χ3n) is 3.46. The van der Waals surface area contributed by atoms with E-state index in [4.69, 9.17) is 5.73 Å². The highest BCUT2D eigenvalue weighted by molar-refractivity contribution is 5.15. The molecule has 0 saturated heterocycles. The van der Waals surface area contributed by atoms with Gasteiger partial charge in [0.15, 0.2) is 0 Å². The molecule has 0 bridgehead atoms. The predicted octanol–water partition coefficient (Wildman–Crippen LogP) is 1.67. The number of hydrogen-bond acceptors (Lipinski definition) is 2. The second-order valence-corrected chi connectivity index (χ2v) is 4.21. The van der Waals surface area contributed by atoms with Gasteiger partial charge in [-0.1, -0.05) is 6.42 Å². The SMILES string of the molecule is CCn1ccnc1C1(CCN)CCC1. The van der Waals surface area contributed by atoms with Gasteiger partial charge in [-0.2, -0.15) is 0 Å². The summed E-state index contributed by atoms with van der Waals surface area (Å²) in [6.07, 6.45) is 8.93. The van der Waals surface area contributed by atoms with Gasteiger partial charge in [-0.3, -0.25) is 0 Å². The van der Waals surface area contributed by atoms with Crippen molar-refractivity contribution in [2.45, 2.75) is 44.6 Å². The van der Waals surface area contributed by atoms with Crippen molar-refractivity contribution in [3.05, 3.63) is 18.2 Å². The summed E-state index contributed by atoms with van der Waals surface area (Å²) in [4.78, 5) is 4.51. The Labute approximate surface area is 85.3 Å². The maximum absolute atomic E-state index is 5.68. The minimum atomic E-state index is 0.314. The fourth-order valence-electron chi connectivity index (χ4n) is 2.49. The first-order chi connectivity index (χ1) is 6.82. The van der Waals surface area contributed by atoms with Crippen LogP contribution >= 0.6 is 0 Å². The molecule has 2 rings (SSSR count). The van der Waals surface area contributed by atoms with Gasteiger partial charge in [-0.05, 0) is 32.7 Å². The Morgan fingerprint density at radius 2 is 2.36 bits per heavy atom. The Morgan fingerprint density at radius 3 is 2.86 bits per heavy atom. The van der Waals surface area contributed by atoms with Gasteiger partial charge in [-0.15, -0.1) is 0 Å². The lowest BCUT2D eigenvalue weighted by Gasteiger charge is -2.41. The number of aromatic nitrogens is 2. The molecule has 0 unspecified atom stereocenters. The van der Waals surface area contributed by atoms with Gasteiger partial charge in [0.05, 0.1) is 0 Å². The molecular weight excluding hydrogens is 174 g/mol. The van der Waals surface area contributed by atoms with Crippen molar-refractivity contribution in [2.75, 3.05) is 6.54 Å². The van der Waals surface area contributed by atoms with E-state index in [1.807, 2.05) is 6.20 Å². The van der Waals surface area contributed by atoms with Crippen LogP contribution in [0.4, 0.5) is 0 Å². The van der Waals surface area contributed by atoms with Gasteiger partial charge in [0, 0.05) is 24.4 Å². The monoisotopic (exact) mass is 193 g/mol. The Kier molecular flexibility index (Phi) is 2.59. The number of nitrogens with zero attached hydrogens (tertiary/aromatic N) is 2. The van der Waals surface area contributed by atoms with Crippen LogP contribution in [0.15, 0.2) is 12.4 Å². The lowest BCUT2D eigenvalue weighted by Crippen LogP contribution is -2.39. The summed E-state index contributed by atoms with van der Waals surface area (Å²) in [6.45, 7) is 3.96. The minimum absolute atomic E-state index is 0.314. The molecule has 0 radical (unpaired) electrons. The van der Waals surface area contributed by atoms with E-state index in [1.165, 1.54) is 25.1 Å². The van der Waals surface area contributed by atoms with Crippen molar-refractivity contribution in [1.29, 1.82) is 0 Å². The average Bonchev–Trinajstić information content (AvgIpc) is 2.59. The Hall–Kier alpha value is -0.830. The molecule has 0 atom stereocenters. The number of nitrogens with two attached hydrogens (primary N) is 1. The van der Waals surface area contributed by atoms with Crippen LogP contribution in [0, 0.1) is 0 Å². The number of hydrogen-bond donors (Lipinski definition) is 1. The smallest absolute Gasteiger partial charge is 0.114 e. The molecule has 78 valence electrons. The van der Waals surface area contributed by atoms with Crippen molar-refractivity contribution in [3.8, 4) is 0 Å². The molecule has 14 heavy (non-hydrogen) atoms. The number of imidazole rings is 1. The van der Waals surface area contributed by atoms with E-state index in [-0.39, 0.29) is 0 Å². The third kappa shape index (κ3) is 1.36. The first-order valence-corrected chi connectivity index (χ1v) is 5.54. The van der Waals surface area contributed by atoms with E-state index in [0.29, 0.717) is 5.41 Å². The molecule has 1 aromatic heterocycles. The highest BCUT2D eigenvalue weighted by atomic mass is 15.1. The van der Waals surface area contributed by atoms with E-state index in [9.17, 15) is 0 Å². The lowest BCUT2D eigenvalue weighted by atomic mass is 9.66. The van der Waals surface area contributed by atoms with E-state index < -0.39 is 0 Å².